The van der Waals surface area contributed by atoms with E-state index in [1.54, 1.807) is 0 Å². The largest absolute Gasteiger partial charge is 0.350 e. The van der Waals surface area contributed by atoms with E-state index >= 15 is 0 Å². The minimum Gasteiger partial charge on any atom is -0.350 e. The molecule has 0 unspecified atom stereocenters. The normalized spacial score (nSPS) is 18.1. The number of hydrogen-bond acceptors (Lipinski definition) is 2. The second-order valence-electron chi connectivity index (χ2n) is 5.15. The predicted octanol–water partition coefficient (Wildman–Crippen LogP) is 1.82. The third-order valence-electron chi connectivity index (χ3n) is 3.27. The Labute approximate surface area is 93.0 Å². The summed E-state index contributed by atoms with van der Waals surface area (Å²) in [6.07, 6.45) is 6.02. The van der Waals surface area contributed by atoms with Crippen molar-refractivity contribution in [1.82, 2.24) is 10.6 Å². The molecule has 0 radical (unpaired) electrons. The van der Waals surface area contributed by atoms with Crippen molar-refractivity contribution in [3.05, 3.63) is 0 Å². The van der Waals surface area contributed by atoms with Gasteiger partial charge in [0, 0.05) is 11.6 Å². The van der Waals surface area contributed by atoms with E-state index in [9.17, 15) is 4.79 Å². The first-order chi connectivity index (χ1) is 7.03. The van der Waals surface area contributed by atoms with Gasteiger partial charge in [-0.15, -0.1) is 0 Å². The molecule has 0 aliphatic heterocycles. The lowest BCUT2D eigenvalue weighted by Crippen LogP contribution is -2.47. The monoisotopic (exact) mass is 212 g/mol. The molecule has 3 heteroatoms. The van der Waals surface area contributed by atoms with E-state index in [4.69, 9.17) is 0 Å². The van der Waals surface area contributed by atoms with E-state index < -0.39 is 0 Å². The lowest BCUT2D eigenvalue weighted by atomic mass is 10.0. The van der Waals surface area contributed by atoms with Crippen molar-refractivity contribution >= 4 is 5.91 Å². The fourth-order valence-electron chi connectivity index (χ4n) is 1.88. The van der Waals surface area contributed by atoms with Gasteiger partial charge in [-0.2, -0.15) is 0 Å². The van der Waals surface area contributed by atoms with E-state index in [2.05, 4.69) is 31.4 Å². The molecule has 1 amide bonds. The molecule has 1 saturated carbocycles. The molecule has 0 aromatic carbocycles. The summed E-state index contributed by atoms with van der Waals surface area (Å²) < 4.78 is 0. The van der Waals surface area contributed by atoms with Gasteiger partial charge in [0.05, 0.1) is 6.54 Å². The van der Waals surface area contributed by atoms with Crippen LogP contribution in [0.4, 0.5) is 0 Å². The molecule has 0 spiro atoms. The van der Waals surface area contributed by atoms with Gasteiger partial charge in [-0.1, -0.05) is 19.8 Å². The van der Waals surface area contributed by atoms with Crippen LogP contribution in [0.2, 0.25) is 0 Å². The Morgan fingerprint density at radius 3 is 2.47 bits per heavy atom. The molecule has 0 saturated heterocycles. The van der Waals surface area contributed by atoms with Crippen LogP contribution in [0.25, 0.3) is 0 Å². The van der Waals surface area contributed by atoms with Gasteiger partial charge in [0.2, 0.25) is 5.91 Å². The molecule has 1 aliphatic rings. The molecular weight excluding hydrogens is 188 g/mol. The number of nitrogens with one attached hydrogen (secondary N) is 2. The van der Waals surface area contributed by atoms with Crippen molar-refractivity contribution in [1.29, 1.82) is 0 Å². The molecule has 2 N–H and O–H groups in total. The van der Waals surface area contributed by atoms with Crippen LogP contribution in [0, 0.1) is 0 Å². The Morgan fingerprint density at radius 1 is 1.33 bits per heavy atom. The Bertz CT molecular complexity index is 208. The van der Waals surface area contributed by atoms with Crippen LogP contribution in [0.5, 0.6) is 0 Å². The SMILES string of the molecule is CCC(C)(C)NC(=O)CNC1CCCC1. The van der Waals surface area contributed by atoms with E-state index in [0.717, 1.165) is 6.42 Å². The summed E-state index contributed by atoms with van der Waals surface area (Å²) in [6.45, 7) is 6.67. The van der Waals surface area contributed by atoms with Crippen molar-refractivity contribution in [3.63, 3.8) is 0 Å². The van der Waals surface area contributed by atoms with Crippen molar-refractivity contribution < 1.29 is 4.79 Å². The molecule has 0 aromatic rings. The second kappa shape index (κ2) is 5.50. The first-order valence-corrected chi connectivity index (χ1v) is 6.08. The van der Waals surface area contributed by atoms with Crippen LogP contribution >= 0.6 is 0 Å². The summed E-state index contributed by atoms with van der Waals surface area (Å²) in [5.41, 5.74) is -0.0750. The van der Waals surface area contributed by atoms with Crippen LogP contribution in [-0.4, -0.2) is 24.0 Å². The third kappa shape index (κ3) is 4.65. The fourth-order valence-corrected chi connectivity index (χ4v) is 1.88. The molecule has 0 aromatic heterocycles. The number of carbonyl (C=O) groups is 1. The summed E-state index contributed by atoms with van der Waals surface area (Å²) >= 11 is 0. The quantitative estimate of drug-likeness (QED) is 0.730. The first kappa shape index (κ1) is 12.5. The average molecular weight is 212 g/mol. The summed E-state index contributed by atoms with van der Waals surface area (Å²) in [4.78, 5) is 11.6. The number of hydrogen-bond donors (Lipinski definition) is 2. The van der Waals surface area contributed by atoms with Gasteiger partial charge in [0.1, 0.15) is 0 Å². The van der Waals surface area contributed by atoms with Crippen molar-refractivity contribution in [2.75, 3.05) is 6.54 Å². The lowest BCUT2D eigenvalue weighted by molar-refractivity contribution is -0.122. The number of rotatable bonds is 5. The Kier molecular flexibility index (Phi) is 4.58. The molecule has 0 atom stereocenters. The standard InChI is InChI=1S/C12H24N2O/c1-4-12(2,3)14-11(15)9-13-10-7-5-6-8-10/h10,13H,4-9H2,1-3H3,(H,14,15). The molecule has 1 aliphatic carbocycles. The van der Waals surface area contributed by atoms with Crippen LogP contribution in [0.3, 0.4) is 0 Å². The minimum absolute atomic E-state index is 0.0750. The summed E-state index contributed by atoms with van der Waals surface area (Å²) in [5, 5.41) is 6.34. The third-order valence-corrected chi connectivity index (χ3v) is 3.27. The number of amides is 1. The van der Waals surface area contributed by atoms with E-state index in [1.807, 2.05) is 0 Å². The van der Waals surface area contributed by atoms with Crippen molar-refractivity contribution in [2.24, 2.45) is 0 Å². The minimum atomic E-state index is -0.0750. The highest BCUT2D eigenvalue weighted by Crippen LogP contribution is 2.17. The molecule has 88 valence electrons. The molecule has 1 fully saturated rings. The van der Waals surface area contributed by atoms with Gasteiger partial charge < -0.3 is 10.6 Å². The van der Waals surface area contributed by atoms with Crippen molar-refractivity contribution in [2.45, 2.75) is 64.5 Å². The molecule has 15 heavy (non-hydrogen) atoms. The predicted molar refractivity (Wildman–Crippen MR) is 62.8 cm³/mol. The van der Waals surface area contributed by atoms with Gasteiger partial charge in [0.25, 0.3) is 0 Å². The molecular formula is C12H24N2O. The Morgan fingerprint density at radius 2 is 1.93 bits per heavy atom. The molecule has 3 nitrogen and oxygen atoms in total. The van der Waals surface area contributed by atoms with Gasteiger partial charge in [-0.05, 0) is 33.1 Å². The smallest absolute Gasteiger partial charge is 0.234 e. The van der Waals surface area contributed by atoms with E-state index in [1.165, 1.54) is 25.7 Å². The molecule has 1 rings (SSSR count). The highest BCUT2D eigenvalue weighted by Gasteiger charge is 2.19. The van der Waals surface area contributed by atoms with Gasteiger partial charge in [-0.25, -0.2) is 0 Å². The zero-order valence-electron chi connectivity index (χ0n) is 10.2. The van der Waals surface area contributed by atoms with Gasteiger partial charge in [-0.3, -0.25) is 4.79 Å². The van der Waals surface area contributed by atoms with Gasteiger partial charge in [0.15, 0.2) is 0 Å². The summed E-state index contributed by atoms with van der Waals surface area (Å²) in [6, 6.07) is 0.570. The second-order valence-corrected chi connectivity index (χ2v) is 5.15. The summed E-state index contributed by atoms with van der Waals surface area (Å²) in [5.74, 6) is 0.119. The fraction of sp³-hybridized carbons (Fsp3) is 0.917. The van der Waals surface area contributed by atoms with Crippen LogP contribution in [-0.2, 0) is 4.79 Å². The van der Waals surface area contributed by atoms with Crippen LogP contribution in [0.1, 0.15) is 52.9 Å². The maximum Gasteiger partial charge on any atom is 0.234 e. The maximum atomic E-state index is 11.6. The maximum absolute atomic E-state index is 11.6. The summed E-state index contributed by atoms with van der Waals surface area (Å²) in [7, 11) is 0. The molecule has 0 bridgehead atoms. The highest BCUT2D eigenvalue weighted by molar-refractivity contribution is 5.78. The lowest BCUT2D eigenvalue weighted by Gasteiger charge is -2.25. The van der Waals surface area contributed by atoms with Crippen LogP contribution < -0.4 is 10.6 Å². The van der Waals surface area contributed by atoms with Crippen molar-refractivity contribution in [3.8, 4) is 0 Å². The Balaban J connectivity index is 2.18. The average Bonchev–Trinajstić information content (AvgIpc) is 2.66. The first-order valence-electron chi connectivity index (χ1n) is 6.08. The van der Waals surface area contributed by atoms with E-state index in [0.29, 0.717) is 12.6 Å². The number of carbonyl (C=O) groups excluding carboxylic acids is 1. The van der Waals surface area contributed by atoms with Gasteiger partial charge >= 0.3 is 0 Å². The topological polar surface area (TPSA) is 41.1 Å². The zero-order chi connectivity index (χ0) is 11.3. The molecule has 0 heterocycles. The Hall–Kier alpha value is -0.570. The zero-order valence-corrected chi connectivity index (χ0v) is 10.2. The van der Waals surface area contributed by atoms with E-state index in [-0.39, 0.29) is 11.4 Å². The highest BCUT2D eigenvalue weighted by atomic mass is 16.2. The van der Waals surface area contributed by atoms with Crippen LogP contribution in [0.15, 0.2) is 0 Å².